The molecule has 6 heteroatoms. The van der Waals surface area contributed by atoms with Gasteiger partial charge in [0.2, 0.25) is 5.39 Å². The van der Waals surface area contributed by atoms with Gasteiger partial charge in [0, 0.05) is 11.8 Å². The van der Waals surface area contributed by atoms with Gasteiger partial charge in [-0.2, -0.15) is 0 Å². The normalized spacial score (nSPS) is 8.86. The molecule has 0 aromatic heterocycles. The van der Waals surface area contributed by atoms with Gasteiger partial charge in [0.05, 0.1) is 18.7 Å². The van der Waals surface area contributed by atoms with Crippen molar-refractivity contribution < 1.29 is 9.53 Å². The summed E-state index contributed by atoms with van der Waals surface area (Å²) in [4.78, 5) is 14.0. The number of benzene rings is 1. The first-order valence-electron chi connectivity index (χ1n) is 3.65. The fourth-order valence-electron chi connectivity index (χ4n) is 0.946. The molecule has 0 heterocycles. The second-order valence-electron chi connectivity index (χ2n) is 2.43. The number of ether oxygens (including phenoxy) is 1. The van der Waals surface area contributed by atoms with E-state index in [4.69, 9.17) is 10.9 Å². The van der Waals surface area contributed by atoms with E-state index in [0.717, 1.165) is 0 Å². The molecular weight excluding hydrogens is 184 g/mol. The Morgan fingerprint density at radius 1 is 1.57 bits per heavy atom. The number of esters is 1. The summed E-state index contributed by atoms with van der Waals surface area (Å²) >= 11 is 0. The number of rotatable bonds is 2. The highest BCUT2D eigenvalue weighted by atomic mass is 16.5. The molecule has 70 valence electrons. The van der Waals surface area contributed by atoms with Crippen LogP contribution >= 0.6 is 0 Å². The van der Waals surface area contributed by atoms with E-state index in [0.29, 0.717) is 0 Å². The summed E-state index contributed by atoms with van der Waals surface area (Å²) in [6.07, 6.45) is 0. The van der Waals surface area contributed by atoms with E-state index in [1.807, 2.05) is 0 Å². The van der Waals surface area contributed by atoms with Gasteiger partial charge >= 0.3 is 11.7 Å². The van der Waals surface area contributed by atoms with Crippen LogP contribution < -0.4 is 0 Å². The standard InChI is InChI=1S/C8H6N4O2/c1-14-8(13)5-2-6(11-9)4-7(3-5)12-10/h2-4H,1H3. The van der Waals surface area contributed by atoms with Gasteiger partial charge in [-0.05, 0) is 6.07 Å². The lowest BCUT2D eigenvalue weighted by Gasteiger charge is -1.99. The molecule has 0 aliphatic heterocycles. The van der Waals surface area contributed by atoms with Crippen LogP contribution in [-0.4, -0.2) is 13.1 Å². The minimum Gasteiger partial charge on any atom is -0.706 e. The summed E-state index contributed by atoms with van der Waals surface area (Å²) in [7, 11) is 1.22. The molecule has 0 unspecified atom stereocenters. The predicted octanol–water partition coefficient (Wildman–Crippen LogP) is 2.61. The molecule has 14 heavy (non-hydrogen) atoms. The second kappa shape index (κ2) is 4.09. The zero-order chi connectivity index (χ0) is 10.6. The van der Waals surface area contributed by atoms with Gasteiger partial charge in [-0.1, -0.05) is 0 Å². The smallest absolute Gasteiger partial charge is 0.388 e. The Morgan fingerprint density at radius 2 is 2.29 bits per heavy atom. The van der Waals surface area contributed by atoms with Gasteiger partial charge in [0.25, 0.3) is 0 Å². The Labute approximate surface area is 79.6 Å². The lowest BCUT2D eigenvalue weighted by molar-refractivity contribution is 0.0601. The predicted molar refractivity (Wildman–Crippen MR) is 48.0 cm³/mol. The third-order valence-electron chi connectivity index (χ3n) is 1.55. The van der Waals surface area contributed by atoms with Crippen molar-refractivity contribution >= 4 is 17.3 Å². The van der Waals surface area contributed by atoms with E-state index >= 15 is 0 Å². The van der Waals surface area contributed by atoms with Crippen molar-refractivity contribution in [3.8, 4) is 0 Å². The molecule has 0 aliphatic carbocycles. The fourth-order valence-corrected chi connectivity index (χ4v) is 0.946. The second-order valence-corrected chi connectivity index (χ2v) is 2.43. The Balaban J connectivity index is 3.25. The van der Waals surface area contributed by atoms with E-state index in [1.165, 1.54) is 25.3 Å². The van der Waals surface area contributed by atoms with Crippen molar-refractivity contribution in [3.05, 3.63) is 34.3 Å². The number of methoxy groups -OCH3 is 1. The van der Waals surface area contributed by atoms with E-state index in [-0.39, 0.29) is 16.9 Å². The molecule has 0 N–H and O–H groups in total. The number of hydrogen-bond donors (Lipinski definition) is 0. The van der Waals surface area contributed by atoms with Crippen molar-refractivity contribution in [1.29, 1.82) is 5.39 Å². The van der Waals surface area contributed by atoms with Crippen molar-refractivity contribution in [1.82, 2.24) is 0 Å². The molecule has 0 saturated heterocycles. The van der Waals surface area contributed by atoms with Gasteiger partial charge in [-0.25, -0.2) is 4.79 Å². The van der Waals surface area contributed by atoms with E-state index < -0.39 is 5.97 Å². The highest BCUT2D eigenvalue weighted by Crippen LogP contribution is 2.23. The van der Waals surface area contributed by atoms with Gasteiger partial charge in [-0.3, -0.25) is 0 Å². The summed E-state index contributed by atoms with van der Waals surface area (Å²) in [5.41, 5.74) is 8.86. The number of carbonyl (C=O) groups is 1. The lowest BCUT2D eigenvalue weighted by Crippen LogP contribution is -2.00. The maximum Gasteiger partial charge on any atom is 0.388 e. The third-order valence-corrected chi connectivity index (χ3v) is 1.55. The maximum atomic E-state index is 11.1. The van der Waals surface area contributed by atoms with E-state index in [1.54, 1.807) is 0 Å². The third kappa shape index (κ3) is 1.90. The van der Waals surface area contributed by atoms with Crippen LogP contribution in [0.25, 0.3) is 10.5 Å². The number of carbonyl (C=O) groups excluding carboxylic acids is 1. The molecule has 0 fully saturated rings. The molecular formula is C8H6N4O2. The number of diazo groups is 1. The fraction of sp³-hybridized carbons (Fsp3) is 0.125. The SMILES string of the molecule is COC(=O)c1cc(N=[N-])cc([N+]#N)c1. The van der Waals surface area contributed by atoms with Gasteiger partial charge in [0.15, 0.2) is 4.98 Å². The maximum absolute atomic E-state index is 11.1. The topological polar surface area (TPSA) is 89.1 Å². The Morgan fingerprint density at radius 3 is 2.79 bits per heavy atom. The minimum absolute atomic E-state index is 0.112. The average molecular weight is 190 g/mol. The summed E-state index contributed by atoms with van der Waals surface area (Å²) in [5.74, 6) is -0.597. The molecule has 1 aromatic rings. The zero-order valence-electron chi connectivity index (χ0n) is 7.34. The molecule has 6 nitrogen and oxygen atoms in total. The Hall–Kier alpha value is -2.29. The van der Waals surface area contributed by atoms with Crippen molar-refractivity contribution in [2.45, 2.75) is 0 Å². The van der Waals surface area contributed by atoms with Crippen LogP contribution in [0, 0.1) is 5.39 Å². The van der Waals surface area contributed by atoms with Crippen LogP contribution in [0.15, 0.2) is 23.3 Å². The van der Waals surface area contributed by atoms with Gasteiger partial charge in [-0.15, -0.1) is 0 Å². The first kappa shape index (κ1) is 9.80. The molecule has 0 atom stereocenters. The van der Waals surface area contributed by atoms with E-state index in [2.05, 4.69) is 14.8 Å². The first-order valence-corrected chi connectivity index (χ1v) is 3.65. The molecule has 1 aromatic carbocycles. The van der Waals surface area contributed by atoms with Crippen LogP contribution in [0.3, 0.4) is 0 Å². The van der Waals surface area contributed by atoms with E-state index in [9.17, 15) is 4.79 Å². The Bertz CT molecular complexity index is 422. The van der Waals surface area contributed by atoms with Crippen LogP contribution in [0.1, 0.15) is 10.4 Å². The van der Waals surface area contributed by atoms with Crippen molar-refractivity contribution in [2.24, 2.45) is 5.11 Å². The van der Waals surface area contributed by atoms with Gasteiger partial charge in [0.1, 0.15) is 0 Å². The molecule has 1 rings (SSSR count). The summed E-state index contributed by atoms with van der Waals surface area (Å²) in [5, 5.41) is 11.4. The zero-order valence-corrected chi connectivity index (χ0v) is 7.34. The average Bonchev–Trinajstić information content (AvgIpc) is 2.27. The number of nitrogens with zero attached hydrogens (tertiary/aromatic N) is 4. The lowest BCUT2D eigenvalue weighted by atomic mass is 10.2. The Kier molecular flexibility index (Phi) is 2.86. The highest BCUT2D eigenvalue weighted by molar-refractivity contribution is 5.91. The highest BCUT2D eigenvalue weighted by Gasteiger charge is 2.13. The van der Waals surface area contributed by atoms with Crippen molar-refractivity contribution in [3.63, 3.8) is 0 Å². The van der Waals surface area contributed by atoms with Crippen LogP contribution in [0.4, 0.5) is 11.4 Å². The number of hydrogen-bond acceptors (Lipinski definition) is 4. The molecule has 0 aliphatic rings. The monoisotopic (exact) mass is 190 g/mol. The summed E-state index contributed by atoms with van der Waals surface area (Å²) in [6.45, 7) is 0. The first-order chi connectivity index (χ1) is 6.71. The molecule has 0 bridgehead atoms. The molecule has 0 spiro atoms. The molecule has 0 saturated carbocycles. The van der Waals surface area contributed by atoms with Crippen LogP contribution in [0.2, 0.25) is 0 Å². The van der Waals surface area contributed by atoms with Crippen LogP contribution in [-0.2, 0) is 4.74 Å². The quantitative estimate of drug-likeness (QED) is 0.407. The summed E-state index contributed by atoms with van der Waals surface area (Å²) in [6, 6.07) is 3.91. The van der Waals surface area contributed by atoms with Crippen LogP contribution in [0.5, 0.6) is 0 Å². The largest absolute Gasteiger partial charge is 0.706 e. The summed E-state index contributed by atoms with van der Waals surface area (Å²) < 4.78 is 4.45. The van der Waals surface area contributed by atoms with Crippen molar-refractivity contribution in [2.75, 3.05) is 7.11 Å². The molecule has 0 amide bonds. The molecule has 0 radical (unpaired) electrons. The van der Waals surface area contributed by atoms with Gasteiger partial charge < -0.3 is 15.4 Å². The minimum atomic E-state index is -0.597.